The number of hydrogen-bond donors (Lipinski definition) is 1. The van der Waals surface area contributed by atoms with E-state index >= 15 is 0 Å². The fourth-order valence-corrected chi connectivity index (χ4v) is 2.19. The van der Waals surface area contributed by atoms with Crippen molar-refractivity contribution in [1.82, 2.24) is 5.32 Å². The average molecular weight is 207 g/mol. The lowest BCUT2D eigenvalue weighted by Gasteiger charge is -2.12. The molecule has 1 unspecified atom stereocenters. The van der Waals surface area contributed by atoms with Gasteiger partial charge in [-0.05, 0) is 62.4 Å². The van der Waals surface area contributed by atoms with Gasteiger partial charge in [-0.1, -0.05) is 6.07 Å². The molecule has 15 heavy (non-hydrogen) atoms. The molecule has 1 fully saturated rings. The van der Waals surface area contributed by atoms with Crippen LogP contribution in [0.1, 0.15) is 29.5 Å². The van der Waals surface area contributed by atoms with Gasteiger partial charge in [0.2, 0.25) is 0 Å². The van der Waals surface area contributed by atoms with Crippen molar-refractivity contribution in [3.63, 3.8) is 0 Å². The number of hydrogen-bond acceptors (Lipinski definition) is 1. The molecule has 2 rings (SSSR count). The highest BCUT2D eigenvalue weighted by Crippen LogP contribution is 2.18. The molecule has 1 nitrogen and oxygen atoms in total. The minimum Gasteiger partial charge on any atom is -0.314 e. The fourth-order valence-electron chi connectivity index (χ4n) is 2.19. The maximum absolute atomic E-state index is 13.7. The molecule has 1 aromatic rings. The second-order valence-corrected chi connectivity index (χ2v) is 4.53. The van der Waals surface area contributed by atoms with Crippen LogP contribution in [-0.4, -0.2) is 12.6 Å². The lowest BCUT2D eigenvalue weighted by atomic mass is 9.99. The van der Waals surface area contributed by atoms with Crippen molar-refractivity contribution in [1.29, 1.82) is 0 Å². The summed E-state index contributed by atoms with van der Waals surface area (Å²) in [7, 11) is 0. The van der Waals surface area contributed by atoms with E-state index < -0.39 is 0 Å². The van der Waals surface area contributed by atoms with Crippen LogP contribution >= 0.6 is 0 Å². The van der Waals surface area contributed by atoms with E-state index in [2.05, 4.69) is 5.32 Å². The highest BCUT2D eigenvalue weighted by atomic mass is 19.1. The van der Waals surface area contributed by atoms with E-state index in [1.807, 2.05) is 19.9 Å². The highest BCUT2D eigenvalue weighted by molar-refractivity contribution is 5.31. The molecule has 2 heteroatoms. The second kappa shape index (κ2) is 4.31. The summed E-state index contributed by atoms with van der Waals surface area (Å²) in [5, 5.41) is 3.40. The van der Waals surface area contributed by atoms with Gasteiger partial charge in [0, 0.05) is 6.04 Å². The molecule has 0 amide bonds. The van der Waals surface area contributed by atoms with Crippen LogP contribution < -0.4 is 5.32 Å². The Hall–Kier alpha value is -0.890. The summed E-state index contributed by atoms with van der Waals surface area (Å²) in [6, 6.07) is 4.12. The van der Waals surface area contributed by atoms with Crippen LogP contribution in [0.25, 0.3) is 0 Å². The van der Waals surface area contributed by atoms with Gasteiger partial charge in [0.05, 0.1) is 0 Å². The first-order chi connectivity index (χ1) is 7.16. The van der Waals surface area contributed by atoms with Gasteiger partial charge in [-0.15, -0.1) is 0 Å². The average Bonchev–Trinajstić information content (AvgIpc) is 2.67. The molecule has 0 aromatic heterocycles. The molecular formula is C13H18FN. The summed E-state index contributed by atoms with van der Waals surface area (Å²) < 4.78 is 13.7. The second-order valence-electron chi connectivity index (χ2n) is 4.53. The van der Waals surface area contributed by atoms with Crippen molar-refractivity contribution in [3.8, 4) is 0 Å². The standard InChI is InChI=1S/C13H18FN/c1-9-6-11(13(14)7-10(9)2)8-12-4-3-5-15-12/h6-7,12,15H,3-5,8H2,1-2H3. The van der Waals surface area contributed by atoms with Gasteiger partial charge in [0.15, 0.2) is 0 Å². The lowest BCUT2D eigenvalue weighted by molar-refractivity contribution is 0.559. The first kappa shape index (κ1) is 10.6. The Bertz CT molecular complexity index is 354. The SMILES string of the molecule is Cc1cc(F)c(CC2CCCN2)cc1C. The van der Waals surface area contributed by atoms with Crippen molar-refractivity contribution in [3.05, 3.63) is 34.6 Å². The summed E-state index contributed by atoms with van der Waals surface area (Å²) in [4.78, 5) is 0. The number of halogens is 1. The minimum atomic E-state index is -0.0493. The van der Waals surface area contributed by atoms with Gasteiger partial charge in [0.25, 0.3) is 0 Å². The molecule has 1 aromatic carbocycles. The van der Waals surface area contributed by atoms with Crippen LogP contribution in [-0.2, 0) is 6.42 Å². The predicted octanol–water partition coefficient (Wildman–Crippen LogP) is 2.74. The first-order valence-corrected chi connectivity index (χ1v) is 5.66. The van der Waals surface area contributed by atoms with Gasteiger partial charge in [-0.3, -0.25) is 0 Å². The Morgan fingerprint density at radius 1 is 1.33 bits per heavy atom. The van der Waals surface area contributed by atoms with Gasteiger partial charge < -0.3 is 5.32 Å². The maximum atomic E-state index is 13.7. The molecule has 0 bridgehead atoms. The van der Waals surface area contributed by atoms with Gasteiger partial charge in [0.1, 0.15) is 5.82 Å². The van der Waals surface area contributed by atoms with Gasteiger partial charge >= 0.3 is 0 Å². The van der Waals surface area contributed by atoms with Crippen LogP contribution in [0.4, 0.5) is 4.39 Å². The molecular weight excluding hydrogens is 189 g/mol. The normalized spacial score (nSPS) is 20.9. The summed E-state index contributed by atoms with van der Waals surface area (Å²) in [6.07, 6.45) is 3.22. The minimum absolute atomic E-state index is 0.0493. The van der Waals surface area contributed by atoms with Crippen molar-refractivity contribution >= 4 is 0 Å². The predicted molar refractivity (Wildman–Crippen MR) is 60.6 cm³/mol. The largest absolute Gasteiger partial charge is 0.314 e. The summed E-state index contributed by atoms with van der Waals surface area (Å²) in [5.41, 5.74) is 3.08. The third-order valence-corrected chi connectivity index (χ3v) is 3.29. The zero-order chi connectivity index (χ0) is 10.8. The van der Waals surface area contributed by atoms with Gasteiger partial charge in [-0.2, -0.15) is 0 Å². The summed E-state index contributed by atoms with van der Waals surface area (Å²) >= 11 is 0. The monoisotopic (exact) mass is 207 g/mol. The quantitative estimate of drug-likeness (QED) is 0.786. The van der Waals surface area contributed by atoms with Crippen LogP contribution in [0.3, 0.4) is 0 Å². The first-order valence-electron chi connectivity index (χ1n) is 5.66. The summed E-state index contributed by atoms with van der Waals surface area (Å²) in [5.74, 6) is -0.0493. The smallest absolute Gasteiger partial charge is 0.126 e. The van der Waals surface area contributed by atoms with Crippen molar-refractivity contribution in [2.24, 2.45) is 0 Å². The lowest BCUT2D eigenvalue weighted by Crippen LogP contribution is -2.24. The Morgan fingerprint density at radius 3 is 2.73 bits per heavy atom. The summed E-state index contributed by atoms with van der Waals surface area (Å²) in [6.45, 7) is 5.08. The Kier molecular flexibility index (Phi) is 3.06. The fraction of sp³-hybridized carbons (Fsp3) is 0.538. The van der Waals surface area contributed by atoms with Crippen molar-refractivity contribution in [2.75, 3.05) is 6.54 Å². The van der Waals surface area contributed by atoms with E-state index in [9.17, 15) is 4.39 Å². The maximum Gasteiger partial charge on any atom is 0.126 e. The van der Waals surface area contributed by atoms with Crippen molar-refractivity contribution in [2.45, 2.75) is 39.2 Å². The number of benzene rings is 1. The topological polar surface area (TPSA) is 12.0 Å². The van der Waals surface area contributed by atoms with E-state index in [0.717, 1.165) is 24.1 Å². The van der Waals surface area contributed by atoms with Crippen LogP contribution in [0, 0.1) is 19.7 Å². The Labute approximate surface area is 90.7 Å². The molecule has 82 valence electrons. The Morgan fingerprint density at radius 2 is 2.07 bits per heavy atom. The third-order valence-electron chi connectivity index (χ3n) is 3.29. The molecule has 0 saturated carbocycles. The molecule has 1 atom stereocenters. The zero-order valence-corrected chi connectivity index (χ0v) is 9.44. The third kappa shape index (κ3) is 2.37. The number of rotatable bonds is 2. The number of aryl methyl sites for hydroxylation is 2. The molecule has 0 aliphatic carbocycles. The molecule has 1 aliphatic rings. The molecule has 0 radical (unpaired) electrons. The van der Waals surface area contributed by atoms with E-state index in [0.29, 0.717) is 6.04 Å². The van der Waals surface area contributed by atoms with Crippen molar-refractivity contribution < 1.29 is 4.39 Å². The van der Waals surface area contributed by atoms with E-state index in [1.54, 1.807) is 6.07 Å². The molecule has 1 N–H and O–H groups in total. The van der Waals surface area contributed by atoms with Crippen LogP contribution in [0.2, 0.25) is 0 Å². The Balaban J connectivity index is 2.16. The van der Waals surface area contributed by atoms with E-state index in [1.165, 1.54) is 18.4 Å². The van der Waals surface area contributed by atoms with E-state index in [4.69, 9.17) is 0 Å². The molecule has 0 spiro atoms. The van der Waals surface area contributed by atoms with Gasteiger partial charge in [-0.25, -0.2) is 4.39 Å². The van der Waals surface area contributed by atoms with Crippen LogP contribution in [0.5, 0.6) is 0 Å². The molecule has 1 heterocycles. The highest BCUT2D eigenvalue weighted by Gasteiger charge is 2.16. The molecule has 1 saturated heterocycles. The van der Waals surface area contributed by atoms with E-state index in [-0.39, 0.29) is 5.82 Å². The van der Waals surface area contributed by atoms with Crippen LogP contribution in [0.15, 0.2) is 12.1 Å². The number of nitrogens with one attached hydrogen (secondary N) is 1. The zero-order valence-electron chi connectivity index (χ0n) is 9.44. The molecule has 1 aliphatic heterocycles.